The zero-order chi connectivity index (χ0) is 15.8. The van der Waals surface area contributed by atoms with E-state index in [0.717, 1.165) is 62.3 Å². The number of anilines is 1. The minimum absolute atomic E-state index is 0.170. The van der Waals surface area contributed by atoms with Crippen molar-refractivity contribution in [1.82, 2.24) is 24.8 Å². The molecule has 0 saturated carbocycles. The molecule has 0 spiro atoms. The van der Waals surface area contributed by atoms with Crippen LogP contribution in [0.15, 0.2) is 18.6 Å². The van der Waals surface area contributed by atoms with Crippen LogP contribution in [0.2, 0.25) is 0 Å². The summed E-state index contributed by atoms with van der Waals surface area (Å²) in [5, 5.41) is 1.04. The lowest BCUT2D eigenvalue weighted by Gasteiger charge is -2.29. The maximum absolute atomic E-state index is 12.5. The molecule has 2 aliphatic heterocycles. The third-order valence-electron chi connectivity index (χ3n) is 5.02. The van der Waals surface area contributed by atoms with E-state index in [4.69, 9.17) is 0 Å². The number of hydrogen-bond donors (Lipinski definition) is 1. The van der Waals surface area contributed by atoms with E-state index in [2.05, 4.69) is 19.9 Å². The van der Waals surface area contributed by atoms with Gasteiger partial charge in [0.2, 0.25) is 0 Å². The highest BCUT2D eigenvalue weighted by Gasteiger charge is 2.32. The first-order chi connectivity index (χ1) is 11.2. The number of urea groups is 1. The van der Waals surface area contributed by atoms with Crippen molar-refractivity contribution in [2.24, 2.45) is 0 Å². The van der Waals surface area contributed by atoms with Gasteiger partial charge in [-0.2, -0.15) is 0 Å². The Labute approximate surface area is 135 Å². The molecule has 0 bridgehead atoms. The van der Waals surface area contributed by atoms with E-state index in [0.29, 0.717) is 0 Å². The number of carbonyl (C=O) groups excluding carboxylic acids is 1. The van der Waals surface area contributed by atoms with Crippen LogP contribution >= 0.6 is 0 Å². The summed E-state index contributed by atoms with van der Waals surface area (Å²) in [4.78, 5) is 30.5. The molecule has 2 fully saturated rings. The average Bonchev–Trinajstić information content (AvgIpc) is 3.33. The Morgan fingerprint density at radius 2 is 2.13 bits per heavy atom. The molecule has 7 nitrogen and oxygen atoms in total. The van der Waals surface area contributed by atoms with E-state index in [9.17, 15) is 4.79 Å². The van der Waals surface area contributed by atoms with Gasteiger partial charge in [0.25, 0.3) is 0 Å². The minimum Gasteiger partial charge on any atom is -0.354 e. The molecule has 122 valence electrons. The molecule has 2 saturated heterocycles. The molecule has 0 radical (unpaired) electrons. The summed E-state index contributed by atoms with van der Waals surface area (Å²) in [5.74, 6) is 0.959. The highest BCUT2D eigenvalue weighted by Crippen LogP contribution is 2.27. The van der Waals surface area contributed by atoms with E-state index < -0.39 is 0 Å². The van der Waals surface area contributed by atoms with Crippen molar-refractivity contribution in [1.29, 1.82) is 0 Å². The lowest BCUT2D eigenvalue weighted by molar-refractivity contribution is 0.159. The predicted octanol–water partition coefficient (Wildman–Crippen LogP) is 1.68. The first-order valence-electron chi connectivity index (χ1n) is 8.29. The van der Waals surface area contributed by atoms with Crippen molar-refractivity contribution in [3.8, 4) is 0 Å². The molecule has 2 aliphatic rings. The van der Waals surface area contributed by atoms with E-state index in [1.54, 1.807) is 6.33 Å². The van der Waals surface area contributed by atoms with Crippen molar-refractivity contribution >= 4 is 22.9 Å². The monoisotopic (exact) mass is 314 g/mol. The summed E-state index contributed by atoms with van der Waals surface area (Å²) >= 11 is 0. The molecule has 1 N–H and O–H groups in total. The highest BCUT2D eigenvalue weighted by atomic mass is 16.2. The van der Waals surface area contributed by atoms with Gasteiger partial charge in [0.1, 0.15) is 17.8 Å². The number of rotatable bonds is 2. The Morgan fingerprint density at radius 3 is 2.96 bits per heavy atom. The fraction of sp³-hybridized carbons (Fsp3) is 0.562. The van der Waals surface area contributed by atoms with Crippen LogP contribution in [0.4, 0.5) is 10.6 Å². The number of aromatic nitrogens is 3. The average molecular weight is 314 g/mol. The smallest absolute Gasteiger partial charge is 0.320 e. The van der Waals surface area contributed by atoms with E-state index >= 15 is 0 Å². The van der Waals surface area contributed by atoms with Gasteiger partial charge in [-0.15, -0.1) is 0 Å². The number of likely N-dealkylation sites (N-methyl/N-ethyl adjacent to an activating group) is 1. The van der Waals surface area contributed by atoms with Crippen molar-refractivity contribution in [2.45, 2.75) is 25.3 Å². The number of fused-ring (bicyclic) bond motifs is 1. The predicted molar refractivity (Wildman–Crippen MR) is 88.5 cm³/mol. The Hall–Kier alpha value is -2.31. The zero-order valence-corrected chi connectivity index (χ0v) is 13.4. The number of carbonyl (C=O) groups is 1. The lowest BCUT2D eigenvalue weighted by atomic mass is 10.2. The number of amides is 2. The minimum atomic E-state index is 0.170. The second kappa shape index (κ2) is 5.72. The normalized spacial score (nSPS) is 21.3. The van der Waals surface area contributed by atoms with Crippen molar-refractivity contribution in [3.63, 3.8) is 0 Å². The Morgan fingerprint density at radius 1 is 1.30 bits per heavy atom. The highest BCUT2D eigenvalue weighted by molar-refractivity contribution is 5.87. The topological polar surface area (TPSA) is 68.4 Å². The van der Waals surface area contributed by atoms with Gasteiger partial charge in [-0.25, -0.2) is 14.8 Å². The van der Waals surface area contributed by atoms with Crippen LogP contribution in [0, 0.1) is 0 Å². The van der Waals surface area contributed by atoms with Gasteiger partial charge >= 0.3 is 6.03 Å². The number of likely N-dealkylation sites (tertiary alicyclic amines) is 1. The van der Waals surface area contributed by atoms with Gasteiger partial charge in [0.05, 0.1) is 11.4 Å². The van der Waals surface area contributed by atoms with Gasteiger partial charge < -0.3 is 19.7 Å². The second-order valence-corrected chi connectivity index (χ2v) is 6.41. The third kappa shape index (κ3) is 2.50. The standard InChI is InChI=1S/C16H22N6O/c1-20(16(23)21-7-2-3-8-21)12-5-9-22(10-12)15-13-4-6-17-14(13)18-11-19-15/h4,6,11-12H,2-3,5,7-10H2,1H3,(H,17,18,19). The number of hydrogen-bond acceptors (Lipinski definition) is 4. The molecule has 23 heavy (non-hydrogen) atoms. The molecular formula is C16H22N6O. The second-order valence-electron chi connectivity index (χ2n) is 6.41. The SMILES string of the molecule is CN(C(=O)N1CCCC1)C1CCN(c2ncnc3[nH]ccc23)C1. The fourth-order valence-corrected chi connectivity index (χ4v) is 3.65. The summed E-state index contributed by atoms with van der Waals surface area (Å²) in [5.41, 5.74) is 0.861. The van der Waals surface area contributed by atoms with E-state index in [1.165, 1.54) is 0 Å². The maximum atomic E-state index is 12.5. The van der Waals surface area contributed by atoms with E-state index in [-0.39, 0.29) is 12.1 Å². The summed E-state index contributed by atoms with van der Waals surface area (Å²) < 4.78 is 0. The number of H-pyrrole nitrogens is 1. The van der Waals surface area contributed by atoms with Crippen molar-refractivity contribution in [2.75, 3.05) is 38.1 Å². The summed E-state index contributed by atoms with van der Waals surface area (Å²) in [7, 11) is 1.93. The fourth-order valence-electron chi connectivity index (χ4n) is 3.65. The van der Waals surface area contributed by atoms with Gasteiger partial charge in [-0.3, -0.25) is 0 Å². The van der Waals surface area contributed by atoms with Crippen LogP contribution in [-0.2, 0) is 0 Å². The molecule has 7 heteroatoms. The van der Waals surface area contributed by atoms with Gasteiger partial charge in [0, 0.05) is 39.4 Å². The van der Waals surface area contributed by atoms with Crippen LogP contribution in [0.3, 0.4) is 0 Å². The Balaban J connectivity index is 1.48. The summed E-state index contributed by atoms with van der Waals surface area (Å²) in [6, 6.07) is 2.42. The first-order valence-corrected chi connectivity index (χ1v) is 8.29. The Bertz CT molecular complexity index is 707. The molecule has 2 amide bonds. The molecular weight excluding hydrogens is 292 g/mol. The quantitative estimate of drug-likeness (QED) is 0.916. The maximum Gasteiger partial charge on any atom is 0.320 e. The summed E-state index contributed by atoms with van der Waals surface area (Å²) in [6.45, 7) is 3.54. The van der Waals surface area contributed by atoms with Crippen LogP contribution in [0.1, 0.15) is 19.3 Å². The number of nitrogens with zero attached hydrogens (tertiary/aromatic N) is 5. The molecule has 1 atom stereocenters. The van der Waals surface area contributed by atoms with Crippen molar-refractivity contribution in [3.05, 3.63) is 18.6 Å². The Kier molecular flexibility index (Phi) is 3.55. The van der Waals surface area contributed by atoms with E-state index in [1.807, 2.05) is 29.1 Å². The van der Waals surface area contributed by atoms with Crippen LogP contribution in [0.25, 0.3) is 11.0 Å². The number of nitrogens with one attached hydrogen (secondary N) is 1. The van der Waals surface area contributed by atoms with Crippen LogP contribution < -0.4 is 4.90 Å². The van der Waals surface area contributed by atoms with Crippen molar-refractivity contribution < 1.29 is 4.79 Å². The molecule has 4 rings (SSSR count). The first kappa shape index (κ1) is 14.3. The summed E-state index contributed by atoms with van der Waals surface area (Å²) in [6.07, 6.45) is 6.72. The molecule has 2 aromatic rings. The van der Waals surface area contributed by atoms with Crippen LogP contribution in [-0.4, -0.2) is 70.1 Å². The molecule has 0 aliphatic carbocycles. The largest absolute Gasteiger partial charge is 0.354 e. The van der Waals surface area contributed by atoms with Gasteiger partial charge in [0.15, 0.2) is 0 Å². The van der Waals surface area contributed by atoms with Crippen LogP contribution in [0.5, 0.6) is 0 Å². The van der Waals surface area contributed by atoms with Gasteiger partial charge in [-0.05, 0) is 25.3 Å². The third-order valence-corrected chi connectivity index (χ3v) is 5.02. The molecule has 2 aromatic heterocycles. The molecule has 0 aromatic carbocycles. The molecule has 4 heterocycles. The number of aromatic amines is 1. The van der Waals surface area contributed by atoms with Gasteiger partial charge in [-0.1, -0.05) is 0 Å². The molecule has 1 unspecified atom stereocenters. The lowest BCUT2D eigenvalue weighted by Crippen LogP contribution is -2.46. The zero-order valence-electron chi connectivity index (χ0n) is 13.4.